The molecule has 1 aromatic rings. The predicted octanol–water partition coefficient (Wildman–Crippen LogP) is 3.31. The maximum absolute atomic E-state index is 10.8. The minimum Gasteiger partial charge on any atom is -0.478 e. The first-order valence-corrected chi connectivity index (χ1v) is 6.93. The zero-order chi connectivity index (χ0) is 15.1. The monoisotopic (exact) mass is 274 g/mol. The fourth-order valence-electron chi connectivity index (χ4n) is 2.67. The second kappa shape index (κ2) is 4.69. The molecular weight excluding hydrogens is 252 g/mol. The molecule has 0 unspecified atom stereocenters. The predicted molar refractivity (Wildman–Crippen MR) is 78.6 cm³/mol. The van der Waals surface area contributed by atoms with Gasteiger partial charge in [0.05, 0.1) is 23.3 Å². The molecule has 20 heavy (non-hydrogen) atoms. The lowest BCUT2D eigenvalue weighted by Gasteiger charge is -2.39. The van der Waals surface area contributed by atoms with Crippen LogP contribution in [0, 0.1) is 0 Å². The van der Waals surface area contributed by atoms with Gasteiger partial charge in [-0.3, -0.25) is 4.98 Å². The molecule has 1 heterocycles. The first-order valence-electron chi connectivity index (χ1n) is 6.93. The Hall–Kier alpha value is -1.71. The number of aliphatic carboxylic acids is 1. The van der Waals surface area contributed by atoms with Crippen molar-refractivity contribution in [2.24, 2.45) is 0 Å². The second-order valence-electron chi connectivity index (χ2n) is 6.89. The quantitative estimate of drug-likeness (QED) is 0.840. The van der Waals surface area contributed by atoms with Crippen molar-refractivity contribution in [3.05, 3.63) is 29.4 Å². The summed E-state index contributed by atoms with van der Waals surface area (Å²) in [7, 11) is 0. The van der Waals surface area contributed by atoms with Gasteiger partial charge in [0.25, 0.3) is 0 Å². The Labute approximate surface area is 120 Å². The van der Waals surface area contributed by atoms with E-state index in [0.717, 1.165) is 24.2 Å². The van der Waals surface area contributed by atoms with E-state index < -0.39 is 5.97 Å². The molecule has 2 rings (SSSR count). The van der Waals surface area contributed by atoms with Gasteiger partial charge in [-0.1, -0.05) is 27.7 Å². The van der Waals surface area contributed by atoms with E-state index in [0.29, 0.717) is 11.3 Å². The highest BCUT2D eigenvalue weighted by Crippen LogP contribution is 2.43. The molecule has 0 bridgehead atoms. The summed E-state index contributed by atoms with van der Waals surface area (Å²) in [5.41, 5.74) is 3.34. The fourth-order valence-corrected chi connectivity index (χ4v) is 2.67. The molecule has 1 aliphatic rings. The van der Waals surface area contributed by atoms with Gasteiger partial charge in [-0.2, -0.15) is 0 Å². The summed E-state index contributed by atoms with van der Waals surface area (Å²) >= 11 is 0. The Balaban J connectivity index is 2.57. The third-order valence-electron chi connectivity index (χ3n) is 4.17. The number of carboxylic acid groups (broad SMARTS) is 1. The van der Waals surface area contributed by atoms with E-state index in [1.165, 1.54) is 6.08 Å². The summed E-state index contributed by atoms with van der Waals surface area (Å²) < 4.78 is 0. The molecule has 0 atom stereocenters. The molecule has 0 amide bonds. The lowest BCUT2D eigenvalue weighted by Crippen LogP contribution is -2.36. The molecule has 4 heteroatoms. The summed E-state index contributed by atoms with van der Waals surface area (Å²) in [4.78, 5) is 20.1. The van der Waals surface area contributed by atoms with Crippen molar-refractivity contribution >= 4 is 11.5 Å². The Morgan fingerprint density at radius 1 is 1.20 bits per heavy atom. The van der Waals surface area contributed by atoms with Crippen LogP contribution in [0.5, 0.6) is 0 Å². The Kier molecular flexibility index (Phi) is 3.44. The number of aromatic nitrogens is 2. The van der Waals surface area contributed by atoms with E-state index in [1.54, 1.807) is 13.1 Å². The molecule has 0 aliphatic heterocycles. The second-order valence-corrected chi connectivity index (χ2v) is 6.89. The van der Waals surface area contributed by atoms with Gasteiger partial charge in [-0.25, -0.2) is 9.78 Å². The number of allylic oxidation sites excluding steroid dienone is 1. The lowest BCUT2D eigenvalue weighted by atomic mass is 9.67. The van der Waals surface area contributed by atoms with Gasteiger partial charge in [-0.05, 0) is 25.3 Å². The van der Waals surface area contributed by atoms with Crippen molar-refractivity contribution in [2.45, 2.75) is 58.3 Å². The van der Waals surface area contributed by atoms with E-state index in [-0.39, 0.29) is 10.8 Å². The summed E-state index contributed by atoms with van der Waals surface area (Å²) in [6.07, 6.45) is 5.02. The van der Waals surface area contributed by atoms with Gasteiger partial charge < -0.3 is 5.11 Å². The van der Waals surface area contributed by atoms with Crippen molar-refractivity contribution < 1.29 is 9.90 Å². The van der Waals surface area contributed by atoms with Crippen molar-refractivity contribution in [3.8, 4) is 0 Å². The first kappa shape index (κ1) is 14.7. The molecule has 4 nitrogen and oxygen atoms in total. The van der Waals surface area contributed by atoms with Crippen LogP contribution >= 0.6 is 0 Å². The number of hydrogen-bond acceptors (Lipinski definition) is 3. The lowest BCUT2D eigenvalue weighted by molar-refractivity contribution is -0.131. The van der Waals surface area contributed by atoms with Crippen LogP contribution in [-0.4, -0.2) is 21.0 Å². The Morgan fingerprint density at radius 3 is 2.30 bits per heavy atom. The average Bonchev–Trinajstić information content (AvgIpc) is 2.34. The summed E-state index contributed by atoms with van der Waals surface area (Å²) in [6.45, 7) is 10.5. The summed E-state index contributed by atoms with van der Waals surface area (Å²) in [5, 5.41) is 8.84. The number of rotatable bonds is 2. The number of hydrogen-bond donors (Lipinski definition) is 1. The van der Waals surface area contributed by atoms with Crippen LogP contribution in [0.2, 0.25) is 0 Å². The standard InChI is InChI=1S/C16H22N2O2/c1-10(8-12(19)20)11-9-17-13-14(18-11)16(4,5)7-6-15(13,2)3/h8-9H,6-7H2,1-5H3,(H,19,20)/b10-8+. The molecule has 0 radical (unpaired) electrons. The van der Waals surface area contributed by atoms with Crippen molar-refractivity contribution in [2.75, 3.05) is 0 Å². The van der Waals surface area contributed by atoms with Gasteiger partial charge in [-0.15, -0.1) is 0 Å². The van der Waals surface area contributed by atoms with E-state index in [2.05, 4.69) is 32.7 Å². The van der Waals surface area contributed by atoms with Crippen LogP contribution < -0.4 is 0 Å². The molecule has 0 aromatic carbocycles. The maximum atomic E-state index is 10.8. The van der Waals surface area contributed by atoms with Gasteiger partial charge in [0.1, 0.15) is 0 Å². The smallest absolute Gasteiger partial charge is 0.328 e. The zero-order valence-corrected chi connectivity index (χ0v) is 12.8. The first-order chi connectivity index (χ1) is 9.13. The largest absolute Gasteiger partial charge is 0.478 e. The molecule has 0 saturated carbocycles. The number of nitrogens with zero attached hydrogens (tertiary/aromatic N) is 2. The van der Waals surface area contributed by atoms with Crippen LogP contribution in [-0.2, 0) is 15.6 Å². The highest BCUT2D eigenvalue weighted by atomic mass is 16.4. The number of carboxylic acids is 1. The Morgan fingerprint density at radius 2 is 1.75 bits per heavy atom. The van der Waals surface area contributed by atoms with Crippen LogP contribution in [0.25, 0.3) is 5.57 Å². The topological polar surface area (TPSA) is 63.1 Å². The maximum Gasteiger partial charge on any atom is 0.328 e. The molecule has 1 aliphatic carbocycles. The average molecular weight is 274 g/mol. The molecule has 0 fully saturated rings. The van der Waals surface area contributed by atoms with E-state index in [4.69, 9.17) is 10.1 Å². The summed E-state index contributed by atoms with van der Waals surface area (Å²) in [5.74, 6) is -0.957. The van der Waals surface area contributed by atoms with Gasteiger partial charge in [0.2, 0.25) is 0 Å². The molecule has 0 saturated heterocycles. The molecule has 108 valence electrons. The van der Waals surface area contributed by atoms with Crippen molar-refractivity contribution in [1.82, 2.24) is 9.97 Å². The SMILES string of the molecule is C/C(=C\C(=O)O)c1cnc2c(n1)C(C)(C)CCC2(C)C. The van der Waals surface area contributed by atoms with Crippen LogP contribution in [0.15, 0.2) is 12.3 Å². The van der Waals surface area contributed by atoms with Crippen LogP contribution in [0.4, 0.5) is 0 Å². The van der Waals surface area contributed by atoms with Crippen LogP contribution in [0.1, 0.15) is 64.5 Å². The number of carbonyl (C=O) groups is 1. The van der Waals surface area contributed by atoms with Crippen LogP contribution in [0.3, 0.4) is 0 Å². The molecular formula is C16H22N2O2. The molecule has 1 N–H and O–H groups in total. The van der Waals surface area contributed by atoms with Gasteiger partial charge in [0, 0.05) is 16.9 Å². The highest BCUT2D eigenvalue weighted by Gasteiger charge is 2.39. The Bertz CT molecular complexity index is 586. The van der Waals surface area contributed by atoms with E-state index in [9.17, 15) is 4.79 Å². The fraction of sp³-hybridized carbons (Fsp3) is 0.562. The van der Waals surface area contributed by atoms with Crippen molar-refractivity contribution in [3.63, 3.8) is 0 Å². The van der Waals surface area contributed by atoms with Gasteiger partial charge in [0.15, 0.2) is 0 Å². The van der Waals surface area contributed by atoms with E-state index in [1.807, 2.05) is 0 Å². The molecule has 1 aromatic heterocycles. The zero-order valence-electron chi connectivity index (χ0n) is 12.8. The highest BCUT2D eigenvalue weighted by molar-refractivity contribution is 5.88. The van der Waals surface area contributed by atoms with Crippen molar-refractivity contribution in [1.29, 1.82) is 0 Å². The number of fused-ring (bicyclic) bond motifs is 1. The third kappa shape index (κ3) is 2.60. The third-order valence-corrected chi connectivity index (χ3v) is 4.17. The molecule has 0 spiro atoms. The van der Waals surface area contributed by atoms with Gasteiger partial charge >= 0.3 is 5.97 Å². The van der Waals surface area contributed by atoms with E-state index >= 15 is 0 Å². The normalized spacial score (nSPS) is 20.4. The minimum absolute atomic E-state index is 0.0165. The summed E-state index contributed by atoms with van der Waals surface area (Å²) in [6, 6.07) is 0. The minimum atomic E-state index is -0.957.